The second-order valence-corrected chi connectivity index (χ2v) is 8.61. The molecule has 0 radical (unpaired) electrons. The molecule has 0 bridgehead atoms. The van der Waals surface area contributed by atoms with Crippen LogP contribution in [0.2, 0.25) is 0 Å². The third kappa shape index (κ3) is 5.85. The molecular weight excluding hydrogens is 428 g/mol. The fraction of sp³-hybridized carbons (Fsp3) is 0.348. The molecule has 33 heavy (non-hydrogen) atoms. The third-order valence-electron chi connectivity index (χ3n) is 4.61. The highest BCUT2D eigenvalue weighted by Gasteiger charge is 2.37. The number of carbonyl (C=O) groups is 2. The maximum atomic E-state index is 12.6. The van der Waals surface area contributed by atoms with Gasteiger partial charge in [0.15, 0.2) is 0 Å². The molecule has 174 valence electrons. The minimum atomic E-state index is -1.21. The highest BCUT2D eigenvalue weighted by molar-refractivity contribution is 5.87. The molecule has 10 heteroatoms. The van der Waals surface area contributed by atoms with Crippen LogP contribution in [0.15, 0.2) is 47.0 Å². The average Bonchev–Trinajstić information content (AvgIpc) is 3.23. The molecule has 3 rings (SSSR count). The second-order valence-electron chi connectivity index (χ2n) is 8.61. The third-order valence-corrected chi connectivity index (χ3v) is 4.61. The first-order chi connectivity index (χ1) is 15.5. The average molecular weight is 454 g/mol. The van der Waals surface area contributed by atoms with Crippen molar-refractivity contribution in [1.29, 1.82) is 0 Å². The molecule has 2 N–H and O–H groups in total. The normalized spacial score (nSPS) is 13.1. The van der Waals surface area contributed by atoms with Crippen molar-refractivity contribution >= 4 is 12.1 Å². The van der Waals surface area contributed by atoms with Gasteiger partial charge in [0, 0.05) is 6.42 Å². The topological polar surface area (TPSA) is 137 Å². The molecule has 0 saturated carbocycles. The zero-order valence-corrected chi connectivity index (χ0v) is 19.1. The molecule has 1 atom stereocenters. The van der Waals surface area contributed by atoms with E-state index in [2.05, 4.69) is 20.5 Å². The number of pyridine rings is 1. The number of nitrogens with one attached hydrogen (secondary N) is 1. The number of alkyl carbamates (subject to hydrolysis) is 1. The Morgan fingerprint density at radius 3 is 2.42 bits per heavy atom. The summed E-state index contributed by atoms with van der Waals surface area (Å²) >= 11 is 0. The van der Waals surface area contributed by atoms with Gasteiger partial charge in [-0.3, -0.25) is 0 Å². The monoisotopic (exact) mass is 454 g/mol. The van der Waals surface area contributed by atoms with Crippen molar-refractivity contribution in [3.63, 3.8) is 0 Å². The van der Waals surface area contributed by atoms with E-state index in [0.29, 0.717) is 6.42 Å². The summed E-state index contributed by atoms with van der Waals surface area (Å²) in [5.74, 6) is -0.806. The van der Waals surface area contributed by atoms with Crippen LogP contribution in [0.1, 0.15) is 49.6 Å². The molecular formula is C23H26N4O6. The summed E-state index contributed by atoms with van der Waals surface area (Å²) in [4.78, 5) is 27.8. The smallest absolute Gasteiger partial charge is 0.408 e. The molecule has 1 amide bonds. The minimum Gasteiger partial charge on any atom is -0.494 e. The van der Waals surface area contributed by atoms with Crippen LogP contribution in [0, 0.1) is 0 Å². The van der Waals surface area contributed by atoms with E-state index < -0.39 is 23.2 Å². The SMILES string of the molecule is COc1cnc(C(=O)O)cc1-c1nnc(C(C)(Cc2ccccc2)NC(=O)OC(C)(C)C)o1. The number of aromatic nitrogens is 3. The van der Waals surface area contributed by atoms with E-state index in [9.17, 15) is 14.7 Å². The predicted molar refractivity (Wildman–Crippen MR) is 118 cm³/mol. The molecule has 3 aromatic rings. The molecule has 2 aromatic heterocycles. The van der Waals surface area contributed by atoms with Gasteiger partial charge in [0.05, 0.1) is 18.9 Å². The molecule has 0 spiro atoms. The number of hydrogen-bond acceptors (Lipinski definition) is 8. The maximum Gasteiger partial charge on any atom is 0.408 e. The van der Waals surface area contributed by atoms with Crippen LogP contribution in [0.25, 0.3) is 11.5 Å². The molecule has 0 fully saturated rings. The van der Waals surface area contributed by atoms with Crippen LogP contribution < -0.4 is 10.1 Å². The fourth-order valence-corrected chi connectivity index (χ4v) is 3.15. The van der Waals surface area contributed by atoms with Crippen molar-refractivity contribution in [2.24, 2.45) is 0 Å². The lowest BCUT2D eigenvalue weighted by molar-refractivity contribution is 0.0443. The van der Waals surface area contributed by atoms with Crippen molar-refractivity contribution in [2.75, 3.05) is 7.11 Å². The standard InChI is InChI=1S/C23H26N4O6/c1-22(2,3)33-21(30)25-23(4,12-14-9-7-6-8-10-14)20-27-26-18(32-20)15-11-16(19(28)29)24-13-17(15)31-5/h6-11,13H,12H2,1-5H3,(H,25,30)(H,28,29). The summed E-state index contributed by atoms with van der Waals surface area (Å²) in [7, 11) is 1.42. The van der Waals surface area contributed by atoms with Gasteiger partial charge in [-0.15, -0.1) is 10.2 Å². The number of hydrogen-bond donors (Lipinski definition) is 2. The predicted octanol–water partition coefficient (Wildman–Crippen LogP) is 3.82. The number of rotatable bonds is 7. The first-order valence-corrected chi connectivity index (χ1v) is 10.2. The largest absolute Gasteiger partial charge is 0.494 e. The highest BCUT2D eigenvalue weighted by Crippen LogP contribution is 2.32. The summed E-state index contributed by atoms with van der Waals surface area (Å²) in [6.07, 6.45) is 0.961. The van der Waals surface area contributed by atoms with Gasteiger partial charge in [-0.1, -0.05) is 30.3 Å². The van der Waals surface area contributed by atoms with Crippen molar-refractivity contribution in [3.05, 3.63) is 59.7 Å². The van der Waals surface area contributed by atoms with E-state index in [0.717, 1.165) is 5.56 Å². The lowest BCUT2D eigenvalue weighted by Crippen LogP contribution is -2.47. The Hall–Kier alpha value is -3.95. The molecule has 0 aliphatic carbocycles. The molecule has 2 heterocycles. The lowest BCUT2D eigenvalue weighted by Gasteiger charge is -2.29. The molecule has 1 unspecified atom stereocenters. The van der Waals surface area contributed by atoms with Crippen LogP contribution in [-0.2, 0) is 16.7 Å². The fourth-order valence-electron chi connectivity index (χ4n) is 3.15. The van der Waals surface area contributed by atoms with Gasteiger partial charge in [-0.25, -0.2) is 14.6 Å². The Labute approximate surface area is 191 Å². The highest BCUT2D eigenvalue weighted by atomic mass is 16.6. The van der Waals surface area contributed by atoms with Crippen LogP contribution in [-0.4, -0.2) is 45.1 Å². The zero-order valence-electron chi connectivity index (χ0n) is 19.1. The molecule has 10 nitrogen and oxygen atoms in total. The summed E-state index contributed by atoms with van der Waals surface area (Å²) < 4.78 is 16.6. The number of carbonyl (C=O) groups excluding carboxylic acids is 1. The van der Waals surface area contributed by atoms with Gasteiger partial charge >= 0.3 is 12.1 Å². The van der Waals surface area contributed by atoms with E-state index in [1.165, 1.54) is 19.4 Å². The van der Waals surface area contributed by atoms with Gasteiger partial charge in [0.1, 0.15) is 22.6 Å². The van der Waals surface area contributed by atoms with E-state index in [1.54, 1.807) is 27.7 Å². The quantitative estimate of drug-likeness (QED) is 0.546. The van der Waals surface area contributed by atoms with Crippen molar-refractivity contribution < 1.29 is 28.6 Å². The summed E-state index contributed by atoms with van der Waals surface area (Å²) in [5.41, 5.74) is -0.835. The number of aromatic carboxylic acids is 1. The van der Waals surface area contributed by atoms with E-state index in [1.807, 2.05) is 30.3 Å². The number of amides is 1. The molecule has 0 aliphatic rings. The summed E-state index contributed by atoms with van der Waals surface area (Å²) in [6.45, 7) is 7.04. The van der Waals surface area contributed by atoms with Crippen molar-refractivity contribution in [2.45, 2.75) is 45.3 Å². The van der Waals surface area contributed by atoms with Crippen molar-refractivity contribution in [3.8, 4) is 17.2 Å². The lowest BCUT2D eigenvalue weighted by atomic mass is 9.92. The van der Waals surface area contributed by atoms with Gasteiger partial charge in [-0.2, -0.15) is 0 Å². The molecule has 0 saturated heterocycles. The first-order valence-electron chi connectivity index (χ1n) is 10.2. The number of carboxylic acids is 1. The van der Waals surface area contributed by atoms with Crippen LogP contribution in [0.5, 0.6) is 5.75 Å². The number of benzene rings is 1. The van der Waals surface area contributed by atoms with Crippen LogP contribution in [0.3, 0.4) is 0 Å². The minimum absolute atomic E-state index is 0.0250. The van der Waals surface area contributed by atoms with Gasteiger partial charge in [-0.05, 0) is 39.3 Å². The van der Waals surface area contributed by atoms with Crippen LogP contribution >= 0.6 is 0 Å². The number of methoxy groups -OCH3 is 1. The molecule has 1 aromatic carbocycles. The van der Waals surface area contributed by atoms with E-state index in [-0.39, 0.29) is 28.8 Å². The number of nitrogens with zero attached hydrogens (tertiary/aromatic N) is 3. The van der Waals surface area contributed by atoms with E-state index >= 15 is 0 Å². The second kappa shape index (κ2) is 9.27. The Morgan fingerprint density at radius 2 is 1.82 bits per heavy atom. The van der Waals surface area contributed by atoms with Gasteiger partial charge < -0.3 is 24.3 Å². The van der Waals surface area contributed by atoms with Gasteiger partial charge in [0.25, 0.3) is 5.89 Å². The van der Waals surface area contributed by atoms with Crippen molar-refractivity contribution in [1.82, 2.24) is 20.5 Å². The first kappa shape index (κ1) is 23.7. The maximum absolute atomic E-state index is 12.6. The summed E-state index contributed by atoms with van der Waals surface area (Å²) in [5, 5.41) is 20.3. The van der Waals surface area contributed by atoms with Gasteiger partial charge in [0.2, 0.25) is 5.89 Å². The Balaban J connectivity index is 2.01. The van der Waals surface area contributed by atoms with E-state index in [4.69, 9.17) is 13.9 Å². The number of ether oxygens (including phenoxy) is 2. The Bertz CT molecular complexity index is 1140. The van der Waals surface area contributed by atoms with Crippen LogP contribution in [0.4, 0.5) is 4.79 Å². The molecule has 0 aliphatic heterocycles. The Kier molecular flexibility index (Phi) is 6.66. The number of carboxylic acid groups (broad SMARTS) is 1. The summed E-state index contributed by atoms with van der Waals surface area (Å²) in [6, 6.07) is 10.8. The zero-order chi connectivity index (χ0) is 24.2. The Morgan fingerprint density at radius 1 is 1.12 bits per heavy atom.